The molecule has 17 heavy (non-hydrogen) atoms. The third-order valence-electron chi connectivity index (χ3n) is 3.22. The van der Waals surface area contributed by atoms with Crippen LogP contribution in [0.4, 0.5) is 0 Å². The SMILES string of the molecule is CCCC/C=C/CCCCCCCCCCN. The number of hydrogen-bond donors (Lipinski definition) is 1. The monoisotopic (exact) mass is 239 g/mol. The molecule has 0 saturated carbocycles. The molecule has 1 heteroatoms. The molecular formula is C16H33N. The molecule has 1 nitrogen and oxygen atoms in total. The minimum absolute atomic E-state index is 0.865. The lowest BCUT2D eigenvalue weighted by atomic mass is 10.1. The molecule has 0 aromatic heterocycles. The maximum atomic E-state index is 5.46. The second-order valence-electron chi connectivity index (χ2n) is 5.02. The van der Waals surface area contributed by atoms with E-state index in [4.69, 9.17) is 5.73 Å². The highest BCUT2D eigenvalue weighted by Crippen LogP contribution is 2.09. The van der Waals surface area contributed by atoms with E-state index in [9.17, 15) is 0 Å². The quantitative estimate of drug-likeness (QED) is 0.347. The largest absolute Gasteiger partial charge is 0.330 e. The number of rotatable bonds is 13. The molecule has 0 aromatic carbocycles. The van der Waals surface area contributed by atoms with Gasteiger partial charge in [-0.2, -0.15) is 0 Å². The summed E-state index contributed by atoms with van der Waals surface area (Å²) in [6.45, 7) is 3.12. The van der Waals surface area contributed by atoms with Crippen LogP contribution in [0.15, 0.2) is 12.2 Å². The Bertz CT molecular complexity index is 152. The number of allylic oxidation sites excluding steroid dienone is 2. The number of hydrogen-bond acceptors (Lipinski definition) is 1. The summed E-state index contributed by atoms with van der Waals surface area (Å²) >= 11 is 0. The van der Waals surface area contributed by atoms with Crippen LogP contribution in [0.3, 0.4) is 0 Å². The fourth-order valence-corrected chi connectivity index (χ4v) is 2.02. The lowest BCUT2D eigenvalue weighted by Crippen LogP contribution is -1.97. The zero-order valence-electron chi connectivity index (χ0n) is 11.9. The number of nitrogens with two attached hydrogens (primary N) is 1. The van der Waals surface area contributed by atoms with E-state index in [-0.39, 0.29) is 0 Å². The maximum Gasteiger partial charge on any atom is -0.00773 e. The topological polar surface area (TPSA) is 26.0 Å². The van der Waals surface area contributed by atoms with Crippen LogP contribution < -0.4 is 5.73 Å². The molecule has 0 amide bonds. The molecule has 0 rings (SSSR count). The van der Waals surface area contributed by atoms with E-state index in [1.165, 1.54) is 77.0 Å². The number of unbranched alkanes of at least 4 members (excludes halogenated alkanes) is 10. The highest BCUT2D eigenvalue weighted by atomic mass is 14.5. The summed E-state index contributed by atoms with van der Waals surface area (Å²) in [6, 6.07) is 0. The molecule has 0 saturated heterocycles. The van der Waals surface area contributed by atoms with E-state index in [0.29, 0.717) is 0 Å². The van der Waals surface area contributed by atoms with Crippen molar-refractivity contribution in [2.45, 2.75) is 84.0 Å². The third kappa shape index (κ3) is 15.7. The van der Waals surface area contributed by atoms with Gasteiger partial charge in [0.25, 0.3) is 0 Å². The Morgan fingerprint density at radius 1 is 0.647 bits per heavy atom. The molecule has 0 unspecified atom stereocenters. The van der Waals surface area contributed by atoms with Gasteiger partial charge in [-0.1, -0.05) is 70.4 Å². The molecule has 0 aliphatic heterocycles. The Balaban J connectivity index is 2.96. The predicted molar refractivity (Wildman–Crippen MR) is 79.3 cm³/mol. The second-order valence-corrected chi connectivity index (χ2v) is 5.02. The van der Waals surface area contributed by atoms with Gasteiger partial charge >= 0.3 is 0 Å². The van der Waals surface area contributed by atoms with E-state index in [0.717, 1.165) is 6.54 Å². The summed E-state index contributed by atoms with van der Waals surface area (Å²) in [4.78, 5) is 0. The van der Waals surface area contributed by atoms with Crippen LogP contribution in [-0.4, -0.2) is 6.54 Å². The highest BCUT2D eigenvalue weighted by molar-refractivity contribution is 4.81. The average molecular weight is 239 g/mol. The molecule has 0 atom stereocenters. The Morgan fingerprint density at radius 3 is 1.65 bits per heavy atom. The van der Waals surface area contributed by atoms with E-state index >= 15 is 0 Å². The van der Waals surface area contributed by atoms with Crippen molar-refractivity contribution in [1.29, 1.82) is 0 Å². The van der Waals surface area contributed by atoms with Crippen molar-refractivity contribution < 1.29 is 0 Å². The van der Waals surface area contributed by atoms with Crippen molar-refractivity contribution in [3.63, 3.8) is 0 Å². The van der Waals surface area contributed by atoms with Gasteiger partial charge in [-0.25, -0.2) is 0 Å². The second kappa shape index (κ2) is 15.7. The maximum absolute atomic E-state index is 5.46. The Labute approximate surface area is 109 Å². The minimum atomic E-state index is 0.865. The summed E-state index contributed by atoms with van der Waals surface area (Å²) in [5.74, 6) is 0. The van der Waals surface area contributed by atoms with Gasteiger partial charge in [0.2, 0.25) is 0 Å². The van der Waals surface area contributed by atoms with Crippen molar-refractivity contribution in [2.75, 3.05) is 6.54 Å². The lowest BCUT2D eigenvalue weighted by Gasteiger charge is -2.00. The molecule has 0 aliphatic rings. The Kier molecular flexibility index (Phi) is 15.4. The summed E-state index contributed by atoms with van der Waals surface area (Å²) < 4.78 is 0. The molecule has 0 aromatic rings. The molecule has 0 aliphatic carbocycles. The van der Waals surface area contributed by atoms with Crippen molar-refractivity contribution in [3.8, 4) is 0 Å². The fourth-order valence-electron chi connectivity index (χ4n) is 2.02. The van der Waals surface area contributed by atoms with Crippen molar-refractivity contribution in [1.82, 2.24) is 0 Å². The first-order valence-electron chi connectivity index (χ1n) is 7.77. The predicted octanol–water partition coefficient (Wildman–Crippen LogP) is 5.20. The molecule has 0 radical (unpaired) electrons. The summed E-state index contributed by atoms with van der Waals surface area (Å²) in [6.07, 6.45) is 20.9. The van der Waals surface area contributed by atoms with E-state index in [1.54, 1.807) is 0 Å². The molecule has 0 fully saturated rings. The van der Waals surface area contributed by atoms with Gasteiger partial charge in [0, 0.05) is 0 Å². The molecule has 0 bridgehead atoms. The molecule has 2 N–H and O–H groups in total. The normalized spacial score (nSPS) is 11.4. The molecule has 0 heterocycles. The fraction of sp³-hybridized carbons (Fsp3) is 0.875. The van der Waals surface area contributed by atoms with Crippen LogP contribution >= 0.6 is 0 Å². The first-order chi connectivity index (χ1) is 8.41. The van der Waals surface area contributed by atoms with Crippen molar-refractivity contribution >= 4 is 0 Å². The Hall–Kier alpha value is -0.300. The van der Waals surface area contributed by atoms with E-state index in [2.05, 4.69) is 19.1 Å². The van der Waals surface area contributed by atoms with Crippen LogP contribution in [0.2, 0.25) is 0 Å². The average Bonchev–Trinajstić information content (AvgIpc) is 2.35. The first-order valence-corrected chi connectivity index (χ1v) is 7.77. The van der Waals surface area contributed by atoms with Crippen LogP contribution in [0.25, 0.3) is 0 Å². The van der Waals surface area contributed by atoms with E-state index < -0.39 is 0 Å². The van der Waals surface area contributed by atoms with Crippen molar-refractivity contribution in [3.05, 3.63) is 12.2 Å². The van der Waals surface area contributed by atoms with Gasteiger partial charge in [-0.15, -0.1) is 0 Å². The summed E-state index contributed by atoms with van der Waals surface area (Å²) in [5, 5.41) is 0. The van der Waals surface area contributed by atoms with Gasteiger partial charge in [0.05, 0.1) is 0 Å². The summed E-state index contributed by atoms with van der Waals surface area (Å²) in [7, 11) is 0. The third-order valence-corrected chi connectivity index (χ3v) is 3.22. The zero-order valence-corrected chi connectivity index (χ0v) is 11.9. The van der Waals surface area contributed by atoms with Gasteiger partial charge in [-0.3, -0.25) is 0 Å². The molecule has 102 valence electrons. The Morgan fingerprint density at radius 2 is 1.12 bits per heavy atom. The van der Waals surface area contributed by atoms with Crippen LogP contribution in [0, 0.1) is 0 Å². The van der Waals surface area contributed by atoms with Crippen molar-refractivity contribution in [2.24, 2.45) is 5.73 Å². The minimum Gasteiger partial charge on any atom is -0.330 e. The molecule has 0 spiro atoms. The highest BCUT2D eigenvalue weighted by Gasteiger charge is 1.91. The van der Waals surface area contributed by atoms with Crippen LogP contribution in [0.5, 0.6) is 0 Å². The van der Waals surface area contributed by atoms with Crippen LogP contribution in [0.1, 0.15) is 84.0 Å². The standard InChI is InChI=1S/C16H33N/c1-2-3-4-5-6-7-8-9-10-11-12-13-14-15-16-17/h5-6H,2-4,7-17H2,1H3/b6-5+. The zero-order chi connectivity index (χ0) is 12.6. The van der Waals surface area contributed by atoms with Gasteiger partial charge < -0.3 is 5.73 Å². The first kappa shape index (κ1) is 16.7. The smallest absolute Gasteiger partial charge is 0.00773 e. The van der Waals surface area contributed by atoms with Gasteiger partial charge in [0.1, 0.15) is 0 Å². The van der Waals surface area contributed by atoms with E-state index in [1.807, 2.05) is 0 Å². The van der Waals surface area contributed by atoms with Crippen LogP contribution in [-0.2, 0) is 0 Å². The summed E-state index contributed by atoms with van der Waals surface area (Å²) in [5.41, 5.74) is 5.46. The van der Waals surface area contributed by atoms with Gasteiger partial charge in [0.15, 0.2) is 0 Å². The molecular weight excluding hydrogens is 206 g/mol. The lowest BCUT2D eigenvalue weighted by molar-refractivity contribution is 0.571. The van der Waals surface area contributed by atoms with Gasteiger partial charge in [-0.05, 0) is 32.2 Å².